The van der Waals surface area contributed by atoms with Gasteiger partial charge < -0.3 is 27.9 Å². The van der Waals surface area contributed by atoms with E-state index in [1.54, 1.807) is 0 Å². The Morgan fingerprint density at radius 3 is 1.74 bits per heavy atom. The van der Waals surface area contributed by atoms with Gasteiger partial charge in [0.25, 0.3) is 7.82 Å². The number of rotatable bonds is 37. The molecular formula is C41H78NO7P. The fourth-order valence-corrected chi connectivity index (χ4v) is 6.05. The van der Waals surface area contributed by atoms with Crippen molar-refractivity contribution >= 4 is 13.8 Å². The summed E-state index contributed by atoms with van der Waals surface area (Å²) >= 11 is 0. The first-order chi connectivity index (χ1) is 24.1. The second-order valence-electron chi connectivity index (χ2n) is 14.6. The fourth-order valence-electron chi connectivity index (χ4n) is 5.32. The van der Waals surface area contributed by atoms with Crippen LogP contribution in [0.3, 0.4) is 0 Å². The highest BCUT2D eigenvalue weighted by Crippen LogP contribution is 2.38. The van der Waals surface area contributed by atoms with E-state index in [9.17, 15) is 14.3 Å². The van der Waals surface area contributed by atoms with Crippen molar-refractivity contribution in [1.82, 2.24) is 0 Å². The van der Waals surface area contributed by atoms with Crippen molar-refractivity contribution in [2.24, 2.45) is 0 Å². The molecule has 0 fully saturated rings. The maximum atomic E-state index is 12.6. The van der Waals surface area contributed by atoms with Crippen molar-refractivity contribution in [2.45, 2.75) is 168 Å². The number of quaternary nitrogens is 1. The van der Waals surface area contributed by atoms with Gasteiger partial charge in [0.15, 0.2) is 0 Å². The standard InChI is InChI=1S/C41H78NO7P/c1-6-8-10-12-14-16-18-20-22-24-26-28-30-32-34-41(43)49-40(39-48-50(44,45)47-37-35-42(3,4)5)38-46-36-33-31-29-27-25-23-21-19-17-15-13-11-9-7-2/h9,11,15,17,21,23,40H,6-8,10,12-14,16,18-20,22,24-39H2,1-5H3/b11-9-,17-15-,23-21-. The van der Waals surface area contributed by atoms with Gasteiger partial charge in [-0.1, -0.05) is 147 Å². The second kappa shape index (κ2) is 34.8. The summed E-state index contributed by atoms with van der Waals surface area (Å²) in [6.07, 6.45) is 38.6. The Bertz CT molecular complexity index is 900. The minimum atomic E-state index is -4.52. The molecule has 0 aromatic rings. The van der Waals surface area contributed by atoms with Crippen LogP contribution in [-0.2, 0) is 27.9 Å². The molecule has 50 heavy (non-hydrogen) atoms. The van der Waals surface area contributed by atoms with Crippen LogP contribution in [0.15, 0.2) is 36.5 Å². The molecule has 0 heterocycles. The molecule has 0 spiro atoms. The zero-order chi connectivity index (χ0) is 37.0. The number of nitrogens with zero attached hydrogens (tertiary/aromatic N) is 1. The van der Waals surface area contributed by atoms with Crippen molar-refractivity contribution in [2.75, 3.05) is 54.1 Å². The number of hydrogen-bond acceptors (Lipinski definition) is 7. The fraction of sp³-hybridized carbons (Fsp3) is 0.829. The van der Waals surface area contributed by atoms with Gasteiger partial charge in [-0.2, -0.15) is 0 Å². The molecule has 0 bridgehead atoms. The lowest BCUT2D eigenvalue weighted by Crippen LogP contribution is -2.37. The van der Waals surface area contributed by atoms with Crippen molar-refractivity contribution in [3.8, 4) is 0 Å². The average molecular weight is 728 g/mol. The van der Waals surface area contributed by atoms with Crippen LogP contribution in [0, 0.1) is 0 Å². The number of hydrogen-bond donors (Lipinski definition) is 0. The number of ether oxygens (including phenoxy) is 2. The zero-order valence-electron chi connectivity index (χ0n) is 33.1. The molecule has 0 radical (unpaired) electrons. The van der Waals surface area contributed by atoms with E-state index in [4.69, 9.17) is 18.5 Å². The summed E-state index contributed by atoms with van der Waals surface area (Å²) in [5, 5.41) is 0. The van der Waals surface area contributed by atoms with Crippen LogP contribution >= 0.6 is 7.82 Å². The highest BCUT2D eigenvalue weighted by atomic mass is 31.2. The smallest absolute Gasteiger partial charge is 0.306 e. The summed E-state index contributed by atoms with van der Waals surface area (Å²) in [7, 11) is 1.34. The van der Waals surface area contributed by atoms with Crippen molar-refractivity contribution in [3.05, 3.63) is 36.5 Å². The van der Waals surface area contributed by atoms with Gasteiger partial charge in [0.2, 0.25) is 0 Å². The number of likely N-dealkylation sites (N-methyl/N-ethyl adjacent to an activating group) is 1. The molecule has 8 nitrogen and oxygen atoms in total. The molecule has 0 saturated carbocycles. The van der Waals surface area contributed by atoms with Gasteiger partial charge in [0.05, 0.1) is 34.4 Å². The number of allylic oxidation sites excluding steroid dienone is 6. The largest absolute Gasteiger partial charge is 0.756 e. The van der Waals surface area contributed by atoms with Crippen LogP contribution in [0.4, 0.5) is 0 Å². The zero-order valence-corrected chi connectivity index (χ0v) is 34.0. The molecule has 2 unspecified atom stereocenters. The van der Waals surface area contributed by atoms with Gasteiger partial charge >= 0.3 is 5.97 Å². The van der Waals surface area contributed by atoms with Crippen LogP contribution in [0.2, 0.25) is 0 Å². The van der Waals surface area contributed by atoms with Gasteiger partial charge in [-0.15, -0.1) is 0 Å². The average Bonchev–Trinajstić information content (AvgIpc) is 3.06. The lowest BCUT2D eigenvalue weighted by Gasteiger charge is -2.28. The monoisotopic (exact) mass is 728 g/mol. The highest BCUT2D eigenvalue weighted by Gasteiger charge is 2.20. The van der Waals surface area contributed by atoms with Gasteiger partial charge in [-0.05, 0) is 44.9 Å². The third kappa shape index (κ3) is 38.0. The molecule has 0 N–H and O–H groups in total. The minimum Gasteiger partial charge on any atom is -0.756 e. The van der Waals surface area contributed by atoms with Crippen molar-refractivity contribution in [3.63, 3.8) is 0 Å². The van der Waals surface area contributed by atoms with Crippen molar-refractivity contribution in [1.29, 1.82) is 0 Å². The van der Waals surface area contributed by atoms with E-state index in [2.05, 4.69) is 50.3 Å². The summed E-state index contributed by atoms with van der Waals surface area (Å²) in [6.45, 7) is 5.24. The number of phosphoric ester groups is 1. The van der Waals surface area contributed by atoms with E-state index in [-0.39, 0.29) is 25.8 Å². The Kier molecular flexibility index (Phi) is 33.9. The Morgan fingerprint density at radius 1 is 0.640 bits per heavy atom. The summed E-state index contributed by atoms with van der Waals surface area (Å²) in [6, 6.07) is 0. The number of carbonyl (C=O) groups is 1. The van der Waals surface area contributed by atoms with Crippen LogP contribution in [0.25, 0.3) is 0 Å². The van der Waals surface area contributed by atoms with E-state index in [0.717, 1.165) is 70.6 Å². The predicted octanol–water partition coefficient (Wildman–Crippen LogP) is 10.8. The maximum Gasteiger partial charge on any atom is 0.306 e. The van der Waals surface area contributed by atoms with Crippen LogP contribution in [0.1, 0.15) is 162 Å². The molecule has 0 saturated heterocycles. The van der Waals surface area contributed by atoms with Crippen LogP contribution in [-0.4, -0.2) is 70.7 Å². The molecule has 294 valence electrons. The molecule has 9 heteroatoms. The van der Waals surface area contributed by atoms with Crippen molar-refractivity contribution < 1.29 is 37.3 Å². The Hall–Kier alpha value is -1.28. The van der Waals surface area contributed by atoms with Gasteiger partial charge in [0, 0.05) is 13.0 Å². The first kappa shape index (κ1) is 48.7. The summed E-state index contributed by atoms with van der Waals surface area (Å²) in [5.41, 5.74) is 0. The molecule has 0 aliphatic heterocycles. The Labute approximate surface area is 308 Å². The molecule has 0 rings (SSSR count). The third-order valence-electron chi connectivity index (χ3n) is 8.46. The van der Waals surface area contributed by atoms with E-state index in [1.165, 1.54) is 70.6 Å². The topological polar surface area (TPSA) is 94.1 Å². The molecule has 0 aromatic carbocycles. The predicted molar refractivity (Wildman–Crippen MR) is 208 cm³/mol. The summed E-state index contributed by atoms with van der Waals surface area (Å²) in [4.78, 5) is 25.0. The molecule has 0 aliphatic rings. The lowest BCUT2D eigenvalue weighted by molar-refractivity contribution is -0.870. The Balaban J connectivity index is 4.31. The molecule has 0 amide bonds. The van der Waals surface area contributed by atoms with Gasteiger partial charge in [0.1, 0.15) is 19.3 Å². The second-order valence-corrected chi connectivity index (χ2v) is 16.0. The van der Waals surface area contributed by atoms with E-state index in [0.29, 0.717) is 24.1 Å². The quantitative estimate of drug-likeness (QED) is 0.0207. The first-order valence-corrected chi connectivity index (χ1v) is 21.7. The Morgan fingerprint density at radius 2 is 1.16 bits per heavy atom. The van der Waals surface area contributed by atoms with Crippen LogP contribution in [0.5, 0.6) is 0 Å². The number of unbranched alkanes of at least 4 members (excludes halogenated alkanes) is 17. The first-order valence-electron chi connectivity index (χ1n) is 20.2. The van der Waals surface area contributed by atoms with Crippen LogP contribution < -0.4 is 4.89 Å². The maximum absolute atomic E-state index is 12.6. The summed E-state index contributed by atoms with van der Waals surface area (Å²) < 4.78 is 34.5. The summed E-state index contributed by atoms with van der Waals surface area (Å²) in [5.74, 6) is -0.343. The van der Waals surface area contributed by atoms with Gasteiger partial charge in [-0.25, -0.2) is 0 Å². The van der Waals surface area contributed by atoms with Gasteiger partial charge in [-0.3, -0.25) is 9.36 Å². The number of carbonyl (C=O) groups excluding carboxylic acids is 1. The molecule has 2 atom stereocenters. The number of esters is 1. The molecule has 0 aliphatic carbocycles. The number of phosphoric acid groups is 1. The molecular weight excluding hydrogens is 649 g/mol. The van der Waals surface area contributed by atoms with E-state index in [1.807, 2.05) is 21.1 Å². The van der Waals surface area contributed by atoms with E-state index >= 15 is 0 Å². The van der Waals surface area contributed by atoms with E-state index < -0.39 is 13.9 Å². The normalized spacial score (nSPS) is 14.3. The lowest BCUT2D eigenvalue weighted by atomic mass is 10.0. The minimum absolute atomic E-state index is 0.0220. The molecule has 0 aromatic heterocycles. The highest BCUT2D eigenvalue weighted by molar-refractivity contribution is 7.45. The third-order valence-corrected chi connectivity index (χ3v) is 9.42. The SMILES string of the molecule is CC/C=C\C/C=C\C/C=C\CCCCCCOCC(COP(=O)([O-])OCC[N+](C)(C)C)OC(=O)CCCCCCCCCCCCCCCC.